The molecule has 92 valence electrons. The molecule has 17 heavy (non-hydrogen) atoms. The van der Waals surface area contributed by atoms with Crippen molar-refractivity contribution in [3.8, 4) is 0 Å². The summed E-state index contributed by atoms with van der Waals surface area (Å²) in [7, 11) is 0. The van der Waals surface area contributed by atoms with E-state index in [1.165, 1.54) is 12.1 Å². The molecule has 0 saturated heterocycles. The van der Waals surface area contributed by atoms with Gasteiger partial charge in [-0.1, -0.05) is 12.2 Å². The first-order valence-electron chi connectivity index (χ1n) is 5.93. The molecule has 1 aliphatic rings. The molecule has 0 heterocycles. The molecule has 0 amide bonds. The van der Waals surface area contributed by atoms with Crippen LogP contribution < -0.4 is 0 Å². The van der Waals surface area contributed by atoms with Gasteiger partial charge >= 0.3 is 0 Å². The number of allylic oxidation sites excluding steroid dienone is 2. The highest BCUT2D eigenvalue weighted by atomic mass is 19.1. The van der Waals surface area contributed by atoms with Crippen molar-refractivity contribution in [3.05, 3.63) is 47.5 Å². The van der Waals surface area contributed by atoms with Crippen LogP contribution in [-0.2, 0) is 6.42 Å². The maximum atomic E-state index is 13.0. The van der Waals surface area contributed by atoms with Crippen molar-refractivity contribution >= 4 is 0 Å². The van der Waals surface area contributed by atoms with Crippen LogP contribution in [0.25, 0.3) is 0 Å². The molecule has 0 saturated carbocycles. The normalized spacial score (nSPS) is 21.5. The zero-order valence-corrected chi connectivity index (χ0v) is 9.57. The molecule has 0 aliphatic heterocycles. The first-order valence-corrected chi connectivity index (χ1v) is 5.93. The quantitative estimate of drug-likeness (QED) is 0.802. The molecule has 1 aliphatic carbocycles. The standard InChI is InChI=1S/C14H16F2O/c15-12-6-10(7-13(16)9-12)8-14(17)11-4-2-1-3-5-11/h1-2,6-7,9,11,14,17H,3-5,8H2. The Kier molecular flexibility index (Phi) is 3.89. The summed E-state index contributed by atoms with van der Waals surface area (Å²) in [5, 5.41) is 10.0. The monoisotopic (exact) mass is 238 g/mol. The van der Waals surface area contributed by atoms with Crippen LogP contribution in [0, 0.1) is 17.6 Å². The lowest BCUT2D eigenvalue weighted by Crippen LogP contribution is -2.23. The number of aliphatic hydroxyl groups excluding tert-OH is 1. The lowest BCUT2D eigenvalue weighted by Gasteiger charge is -2.23. The number of benzene rings is 1. The van der Waals surface area contributed by atoms with Crippen LogP contribution in [0.1, 0.15) is 24.8 Å². The van der Waals surface area contributed by atoms with Gasteiger partial charge in [-0.3, -0.25) is 0 Å². The van der Waals surface area contributed by atoms with Crippen LogP contribution in [0.2, 0.25) is 0 Å². The van der Waals surface area contributed by atoms with E-state index in [-0.39, 0.29) is 5.92 Å². The fourth-order valence-electron chi connectivity index (χ4n) is 2.30. The molecule has 0 spiro atoms. The van der Waals surface area contributed by atoms with Crippen LogP contribution in [0.4, 0.5) is 8.78 Å². The van der Waals surface area contributed by atoms with Crippen LogP contribution in [0.5, 0.6) is 0 Å². The van der Waals surface area contributed by atoms with E-state index in [1.807, 2.05) is 0 Å². The zero-order chi connectivity index (χ0) is 12.3. The SMILES string of the molecule is OC(Cc1cc(F)cc(F)c1)C1CC=CCC1. The zero-order valence-electron chi connectivity index (χ0n) is 9.57. The Hall–Kier alpha value is -1.22. The highest BCUT2D eigenvalue weighted by molar-refractivity contribution is 5.19. The number of hydrogen-bond acceptors (Lipinski definition) is 1. The van der Waals surface area contributed by atoms with Crippen molar-refractivity contribution in [2.75, 3.05) is 0 Å². The Balaban J connectivity index is 2.01. The van der Waals surface area contributed by atoms with E-state index in [9.17, 15) is 13.9 Å². The van der Waals surface area contributed by atoms with E-state index < -0.39 is 17.7 Å². The first kappa shape index (κ1) is 12.2. The van der Waals surface area contributed by atoms with E-state index >= 15 is 0 Å². The lowest BCUT2D eigenvalue weighted by molar-refractivity contribution is 0.102. The molecule has 1 aromatic carbocycles. The van der Waals surface area contributed by atoms with Gasteiger partial charge in [0, 0.05) is 6.07 Å². The topological polar surface area (TPSA) is 20.2 Å². The first-order chi connectivity index (χ1) is 8.15. The molecule has 0 radical (unpaired) electrons. The van der Waals surface area contributed by atoms with Crippen molar-refractivity contribution in [1.29, 1.82) is 0 Å². The molecule has 2 atom stereocenters. The molecule has 1 N–H and O–H groups in total. The molecule has 1 aromatic rings. The fourth-order valence-corrected chi connectivity index (χ4v) is 2.30. The second kappa shape index (κ2) is 5.41. The van der Waals surface area contributed by atoms with Crippen LogP contribution in [-0.4, -0.2) is 11.2 Å². The third-order valence-electron chi connectivity index (χ3n) is 3.22. The summed E-state index contributed by atoms with van der Waals surface area (Å²) >= 11 is 0. The van der Waals surface area contributed by atoms with Gasteiger partial charge < -0.3 is 5.11 Å². The summed E-state index contributed by atoms with van der Waals surface area (Å²) in [6, 6.07) is 3.41. The summed E-state index contributed by atoms with van der Waals surface area (Å²) in [4.78, 5) is 0. The van der Waals surface area contributed by atoms with Gasteiger partial charge in [-0.15, -0.1) is 0 Å². The van der Waals surface area contributed by atoms with Crippen molar-refractivity contribution in [2.24, 2.45) is 5.92 Å². The molecule has 1 nitrogen and oxygen atoms in total. The van der Waals surface area contributed by atoms with E-state index in [0.717, 1.165) is 25.3 Å². The van der Waals surface area contributed by atoms with Gasteiger partial charge in [-0.05, 0) is 49.3 Å². The number of halogens is 2. The van der Waals surface area contributed by atoms with Gasteiger partial charge in [0.2, 0.25) is 0 Å². The number of hydrogen-bond donors (Lipinski definition) is 1. The Labute approximate surface area is 99.8 Å². The predicted molar refractivity (Wildman–Crippen MR) is 62.5 cm³/mol. The third kappa shape index (κ3) is 3.37. The second-order valence-electron chi connectivity index (χ2n) is 4.59. The van der Waals surface area contributed by atoms with Gasteiger partial charge in [-0.25, -0.2) is 8.78 Å². The van der Waals surface area contributed by atoms with Crippen LogP contribution in [0.3, 0.4) is 0 Å². The highest BCUT2D eigenvalue weighted by Gasteiger charge is 2.20. The molecule has 2 unspecified atom stereocenters. The van der Waals surface area contributed by atoms with Gasteiger partial charge in [0.15, 0.2) is 0 Å². The van der Waals surface area contributed by atoms with Crippen molar-refractivity contribution < 1.29 is 13.9 Å². The fraction of sp³-hybridized carbons (Fsp3) is 0.429. The van der Waals surface area contributed by atoms with Gasteiger partial charge in [0.1, 0.15) is 11.6 Å². The van der Waals surface area contributed by atoms with Crippen molar-refractivity contribution in [1.82, 2.24) is 0 Å². The Morgan fingerprint density at radius 3 is 2.47 bits per heavy atom. The average molecular weight is 238 g/mol. The van der Waals surface area contributed by atoms with Crippen molar-refractivity contribution in [3.63, 3.8) is 0 Å². The summed E-state index contributed by atoms with van der Waals surface area (Å²) in [5.41, 5.74) is 0.518. The predicted octanol–water partition coefficient (Wildman–Crippen LogP) is 3.22. The Morgan fingerprint density at radius 1 is 1.18 bits per heavy atom. The minimum atomic E-state index is -0.587. The lowest BCUT2D eigenvalue weighted by atomic mass is 9.86. The minimum absolute atomic E-state index is 0.200. The summed E-state index contributed by atoms with van der Waals surface area (Å²) in [6.07, 6.45) is 6.70. The number of aliphatic hydroxyl groups is 1. The van der Waals surface area contributed by atoms with Crippen LogP contribution >= 0.6 is 0 Å². The number of rotatable bonds is 3. The van der Waals surface area contributed by atoms with Gasteiger partial charge in [0.25, 0.3) is 0 Å². The largest absolute Gasteiger partial charge is 0.392 e. The molecule has 0 fully saturated rings. The smallest absolute Gasteiger partial charge is 0.126 e. The van der Waals surface area contributed by atoms with Crippen LogP contribution in [0.15, 0.2) is 30.4 Å². The molecular weight excluding hydrogens is 222 g/mol. The van der Waals surface area contributed by atoms with Crippen molar-refractivity contribution in [2.45, 2.75) is 31.8 Å². The average Bonchev–Trinajstić information content (AvgIpc) is 2.28. The van der Waals surface area contributed by atoms with E-state index in [2.05, 4.69) is 12.2 Å². The molecule has 0 aromatic heterocycles. The molecule has 3 heteroatoms. The Bertz CT molecular complexity index is 394. The van der Waals surface area contributed by atoms with E-state index in [4.69, 9.17) is 0 Å². The molecular formula is C14H16F2O. The summed E-state index contributed by atoms with van der Waals surface area (Å²) in [6.45, 7) is 0. The van der Waals surface area contributed by atoms with Gasteiger partial charge in [0.05, 0.1) is 6.10 Å². The summed E-state index contributed by atoms with van der Waals surface area (Å²) < 4.78 is 26.0. The minimum Gasteiger partial charge on any atom is -0.392 e. The van der Waals surface area contributed by atoms with E-state index in [1.54, 1.807) is 0 Å². The van der Waals surface area contributed by atoms with Gasteiger partial charge in [-0.2, -0.15) is 0 Å². The Morgan fingerprint density at radius 2 is 1.88 bits per heavy atom. The third-order valence-corrected chi connectivity index (χ3v) is 3.22. The molecule has 0 bridgehead atoms. The summed E-state index contributed by atoms with van der Waals surface area (Å²) in [5.74, 6) is -0.974. The molecule has 2 rings (SSSR count). The highest BCUT2D eigenvalue weighted by Crippen LogP contribution is 2.24. The van der Waals surface area contributed by atoms with E-state index in [0.29, 0.717) is 12.0 Å². The maximum absolute atomic E-state index is 13.0. The second-order valence-corrected chi connectivity index (χ2v) is 4.59. The maximum Gasteiger partial charge on any atom is 0.126 e.